The Bertz CT molecular complexity index is 254. The van der Waals surface area contributed by atoms with Gasteiger partial charge in [-0.1, -0.05) is 27.2 Å². The fourth-order valence-electron chi connectivity index (χ4n) is 1.55. The second-order valence-corrected chi connectivity index (χ2v) is 4.61. The van der Waals surface area contributed by atoms with Crippen molar-refractivity contribution in [2.75, 3.05) is 7.11 Å². The molecule has 0 rings (SSSR count). The van der Waals surface area contributed by atoms with Gasteiger partial charge in [-0.3, -0.25) is 4.79 Å². The average molecular weight is 244 g/mol. The third kappa shape index (κ3) is 6.26. The molecule has 1 unspecified atom stereocenters. The number of hydrogen-bond acceptors (Lipinski definition) is 4. The van der Waals surface area contributed by atoms with Gasteiger partial charge in [-0.05, 0) is 18.8 Å². The van der Waals surface area contributed by atoms with Crippen molar-refractivity contribution in [2.24, 2.45) is 11.7 Å². The third-order valence-corrected chi connectivity index (χ3v) is 2.45. The second kappa shape index (κ2) is 8.06. The quantitative estimate of drug-likeness (QED) is 0.650. The van der Waals surface area contributed by atoms with Crippen molar-refractivity contribution < 1.29 is 14.3 Å². The number of carbonyl (C=O) groups excluding carboxylic acids is 2. The molecule has 0 radical (unpaired) electrons. The largest absolute Gasteiger partial charge is 0.467 e. The van der Waals surface area contributed by atoms with E-state index in [4.69, 9.17) is 5.73 Å². The van der Waals surface area contributed by atoms with E-state index < -0.39 is 18.1 Å². The van der Waals surface area contributed by atoms with Gasteiger partial charge in [-0.25, -0.2) is 4.79 Å². The molecule has 0 saturated carbocycles. The molecule has 0 fully saturated rings. The van der Waals surface area contributed by atoms with Crippen molar-refractivity contribution in [3.63, 3.8) is 0 Å². The molecule has 0 aromatic heterocycles. The molecule has 17 heavy (non-hydrogen) atoms. The molecule has 0 aliphatic heterocycles. The van der Waals surface area contributed by atoms with Crippen LogP contribution in [0, 0.1) is 5.92 Å². The lowest BCUT2D eigenvalue weighted by Crippen LogP contribution is -2.49. The van der Waals surface area contributed by atoms with Gasteiger partial charge in [0.1, 0.15) is 6.04 Å². The maximum absolute atomic E-state index is 11.7. The molecule has 0 spiro atoms. The highest BCUT2D eigenvalue weighted by molar-refractivity contribution is 5.87. The summed E-state index contributed by atoms with van der Waals surface area (Å²) in [7, 11) is 1.31. The molecule has 0 aromatic carbocycles. The molecule has 2 atom stereocenters. The van der Waals surface area contributed by atoms with Gasteiger partial charge in [0.2, 0.25) is 5.91 Å². The molecule has 0 saturated heterocycles. The first-order valence-electron chi connectivity index (χ1n) is 6.06. The smallest absolute Gasteiger partial charge is 0.328 e. The molecule has 0 aliphatic rings. The summed E-state index contributed by atoms with van der Waals surface area (Å²) in [4.78, 5) is 23.2. The first-order chi connectivity index (χ1) is 7.92. The van der Waals surface area contributed by atoms with Crippen LogP contribution in [-0.2, 0) is 14.3 Å². The first-order valence-corrected chi connectivity index (χ1v) is 6.06. The Morgan fingerprint density at radius 3 is 2.35 bits per heavy atom. The molecule has 5 nitrogen and oxygen atoms in total. The maximum Gasteiger partial charge on any atom is 0.328 e. The zero-order valence-corrected chi connectivity index (χ0v) is 11.2. The Hall–Kier alpha value is -1.10. The number of nitrogens with two attached hydrogens (primary N) is 1. The minimum atomic E-state index is -0.601. The van der Waals surface area contributed by atoms with Crippen molar-refractivity contribution in [3.05, 3.63) is 0 Å². The van der Waals surface area contributed by atoms with E-state index >= 15 is 0 Å². The Kier molecular flexibility index (Phi) is 7.54. The summed E-state index contributed by atoms with van der Waals surface area (Å²) in [6.07, 6.45) is 2.00. The molecular weight excluding hydrogens is 220 g/mol. The van der Waals surface area contributed by atoms with Crippen LogP contribution in [0.5, 0.6) is 0 Å². The van der Waals surface area contributed by atoms with Crippen LogP contribution in [0.15, 0.2) is 0 Å². The van der Waals surface area contributed by atoms with Gasteiger partial charge in [-0.2, -0.15) is 0 Å². The van der Waals surface area contributed by atoms with E-state index in [1.807, 2.05) is 20.8 Å². The predicted molar refractivity (Wildman–Crippen MR) is 66.3 cm³/mol. The molecule has 5 heteroatoms. The average Bonchev–Trinajstić information content (AvgIpc) is 2.26. The fourth-order valence-corrected chi connectivity index (χ4v) is 1.55. The lowest BCUT2D eigenvalue weighted by atomic mass is 10.0. The van der Waals surface area contributed by atoms with Crippen LogP contribution in [-0.4, -0.2) is 31.1 Å². The van der Waals surface area contributed by atoms with Gasteiger partial charge in [0.05, 0.1) is 13.2 Å². The molecule has 100 valence electrons. The van der Waals surface area contributed by atoms with Gasteiger partial charge >= 0.3 is 5.97 Å². The minimum Gasteiger partial charge on any atom is -0.467 e. The third-order valence-electron chi connectivity index (χ3n) is 2.45. The van der Waals surface area contributed by atoms with Gasteiger partial charge in [0, 0.05) is 0 Å². The number of nitrogens with one attached hydrogen (secondary N) is 1. The lowest BCUT2D eigenvalue weighted by molar-refractivity contribution is -0.145. The predicted octanol–water partition coefficient (Wildman–Crippen LogP) is 0.818. The second-order valence-electron chi connectivity index (χ2n) is 4.61. The summed E-state index contributed by atoms with van der Waals surface area (Å²) in [5, 5.41) is 2.65. The van der Waals surface area contributed by atoms with E-state index in [1.165, 1.54) is 7.11 Å². The van der Waals surface area contributed by atoms with Crippen LogP contribution < -0.4 is 11.1 Å². The van der Waals surface area contributed by atoms with E-state index in [2.05, 4.69) is 10.1 Å². The van der Waals surface area contributed by atoms with E-state index in [0.29, 0.717) is 18.8 Å². The van der Waals surface area contributed by atoms with Crippen LogP contribution in [0.25, 0.3) is 0 Å². The summed E-state index contributed by atoms with van der Waals surface area (Å²) in [6.45, 7) is 5.92. The van der Waals surface area contributed by atoms with Gasteiger partial charge in [-0.15, -0.1) is 0 Å². The summed E-state index contributed by atoms with van der Waals surface area (Å²) in [5.74, 6) is -0.416. The molecule has 0 bridgehead atoms. The topological polar surface area (TPSA) is 81.4 Å². The first kappa shape index (κ1) is 15.9. The molecule has 0 aliphatic carbocycles. The fraction of sp³-hybridized carbons (Fsp3) is 0.833. The molecule has 3 N–H and O–H groups in total. The van der Waals surface area contributed by atoms with E-state index in [0.717, 1.165) is 6.42 Å². The van der Waals surface area contributed by atoms with Crippen LogP contribution in [0.2, 0.25) is 0 Å². The van der Waals surface area contributed by atoms with Crippen molar-refractivity contribution in [1.29, 1.82) is 0 Å². The number of ether oxygens (including phenoxy) is 1. The van der Waals surface area contributed by atoms with E-state index in [1.54, 1.807) is 0 Å². The minimum absolute atomic E-state index is 0.289. The van der Waals surface area contributed by atoms with Crippen LogP contribution in [0.4, 0.5) is 0 Å². The molecule has 0 aromatic rings. The zero-order chi connectivity index (χ0) is 13.4. The van der Waals surface area contributed by atoms with Crippen molar-refractivity contribution >= 4 is 11.9 Å². The van der Waals surface area contributed by atoms with Crippen molar-refractivity contribution in [2.45, 2.75) is 52.1 Å². The summed E-state index contributed by atoms with van der Waals surface area (Å²) < 4.78 is 4.66. The van der Waals surface area contributed by atoms with Gasteiger partial charge < -0.3 is 15.8 Å². The zero-order valence-electron chi connectivity index (χ0n) is 11.2. The number of rotatable bonds is 7. The molecule has 0 heterocycles. The number of methoxy groups -OCH3 is 1. The maximum atomic E-state index is 11.7. The number of esters is 1. The van der Waals surface area contributed by atoms with Crippen LogP contribution >= 0.6 is 0 Å². The monoisotopic (exact) mass is 244 g/mol. The lowest BCUT2D eigenvalue weighted by Gasteiger charge is -2.20. The van der Waals surface area contributed by atoms with Gasteiger partial charge in [0.15, 0.2) is 0 Å². The highest BCUT2D eigenvalue weighted by atomic mass is 16.5. The van der Waals surface area contributed by atoms with Crippen molar-refractivity contribution in [3.8, 4) is 0 Å². The van der Waals surface area contributed by atoms with Gasteiger partial charge in [0.25, 0.3) is 0 Å². The highest BCUT2D eigenvalue weighted by Crippen LogP contribution is 2.07. The van der Waals surface area contributed by atoms with Crippen molar-refractivity contribution in [1.82, 2.24) is 5.32 Å². The number of hydrogen-bond donors (Lipinski definition) is 2. The standard InChI is InChI=1S/C12H24N2O3/c1-5-6-9(13)11(15)14-10(7-8(2)3)12(16)17-4/h8-10H,5-7,13H2,1-4H3,(H,14,15)/t9?,10-/m0/s1. The molecule has 1 amide bonds. The Morgan fingerprint density at radius 2 is 1.94 bits per heavy atom. The molecular formula is C12H24N2O3. The Labute approximate surface area is 103 Å². The Morgan fingerprint density at radius 1 is 1.35 bits per heavy atom. The van der Waals surface area contributed by atoms with E-state index in [9.17, 15) is 9.59 Å². The number of carbonyl (C=O) groups is 2. The summed E-state index contributed by atoms with van der Waals surface area (Å²) in [6, 6.07) is -1.16. The summed E-state index contributed by atoms with van der Waals surface area (Å²) in [5.41, 5.74) is 5.68. The number of amides is 1. The highest BCUT2D eigenvalue weighted by Gasteiger charge is 2.24. The van der Waals surface area contributed by atoms with E-state index in [-0.39, 0.29) is 5.91 Å². The Balaban J connectivity index is 4.42. The SMILES string of the molecule is CCCC(N)C(=O)N[C@@H](CC(C)C)C(=O)OC. The normalized spacial score (nSPS) is 14.2. The summed E-state index contributed by atoms with van der Waals surface area (Å²) >= 11 is 0. The van der Waals surface area contributed by atoms with Crippen LogP contribution in [0.3, 0.4) is 0 Å². The van der Waals surface area contributed by atoms with Crippen LogP contribution in [0.1, 0.15) is 40.0 Å².